The van der Waals surface area contributed by atoms with E-state index in [-0.39, 0.29) is 17.2 Å². The van der Waals surface area contributed by atoms with Gasteiger partial charge in [-0.05, 0) is 50.1 Å². The Morgan fingerprint density at radius 1 is 1.13 bits per heavy atom. The second-order valence-electron chi connectivity index (χ2n) is 8.08. The van der Waals surface area contributed by atoms with Gasteiger partial charge >= 0.3 is 5.97 Å². The number of carbonyl (C=O) groups excluding carboxylic acids is 1. The number of rotatable bonds is 4. The van der Waals surface area contributed by atoms with Crippen LogP contribution in [0.5, 0.6) is 11.5 Å². The summed E-state index contributed by atoms with van der Waals surface area (Å²) in [5.41, 5.74) is 0.924. The standard InChI is InChI=1S/C23H25FN2O5/c1-23(24)7-9-25(10-8-23)21(27)15-3-6-18-20(13-15)31-12-11-26(18)16-4-5-17(22(28)29)19(14-16)30-2/h3-6,13-14H,7-12H2,1-2H3,(H,28,29). The van der Waals surface area contributed by atoms with Crippen LogP contribution in [0.3, 0.4) is 0 Å². The average molecular weight is 428 g/mol. The van der Waals surface area contributed by atoms with Gasteiger partial charge < -0.3 is 24.4 Å². The number of alkyl halides is 1. The van der Waals surface area contributed by atoms with Gasteiger partial charge in [0.25, 0.3) is 5.91 Å². The molecule has 0 bridgehead atoms. The molecule has 31 heavy (non-hydrogen) atoms. The van der Waals surface area contributed by atoms with E-state index in [4.69, 9.17) is 9.47 Å². The number of carboxylic acids is 1. The minimum Gasteiger partial charge on any atom is -0.496 e. The Hall–Kier alpha value is -3.29. The van der Waals surface area contributed by atoms with Crippen LogP contribution in [0.4, 0.5) is 15.8 Å². The summed E-state index contributed by atoms with van der Waals surface area (Å²) in [6.45, 7) is 3.35. The molecule has 1 N–H and O–H groups in total. The van der Waals surface area contributed by atoms with Crippen LogP contribution in [-0.2, 0) is 0 Å². The van der Waals surface area contributed by atoms with Crippen LogP contribution in [0.1, 0.15) is 40.5 Å². The minimum absolute atomic E-state index is 0.0894. The molecule has 0 radical (unpaired) electrons. The zero-order chi connectivity index (χ0) is 22.2. The van der Waals surface area contributed by atoms with Crippen molar-refractivity contribution in [2.24, 2.45) is 0 Å². The highest BCUT2D eigenvalue weighted by Gasteiger charge is 2.32. The van der Waals surface area contributed by atoms with Crippen molar-refractivity contribution in [1.82, 2.24) is 4.90 Å². The first kappa shape index (κ1) is 21.0. The number of methoxy groups -OCH3 is 1. The molecule has 4 rings (SSSR count). The van der Waals surface area contributed by atoms with Crippen molar-refractivity contribution in [1.29, 1.82) is 0 Å². The molecule has 2 aliphatic heterocycles. The molecule has 0 spiro atoms. The fourth-order valence-corrected chi connectivity index (χ4v) is 4.00. The van der Waals surface area contributed by atoms with Crippen LogP contribution in [0.15, 0.2) is 36.4 Å². The summed E-state index contributed by atoms with van der Waals surface area (Å²) >= 11 is 0. The zero-order valence-corrected chi connectivity index (χ0v) is 17.6. The first-order valence-electron chi connectivity index (χ1n) is 10.2. The number of amides is 1. The van der Waals surface area contributed by atoms with E-state index in [2.05, 4.69) is 0 Å². The molecule has 1 amide bonds. The quantitative estimate of drug-likeness (QED) is 0.796. The Kier molecular flexibility index (Phi) is 5.47. The number of anilines is 2. The van der Waals surface area contributed by atoms with Crippen molar-refractivity contribution in [2.75, 3.05) is 38.3 Å². The highest BCUT2D eigenvalue weighted by atomic mass is 19.1. The van der Waals surface area contributed by atoms with Gasteiger partial charge in [0.15, 0.2) is 0 Å². The molecule has 0 atom stereocenters. The second kappa shape index (κ2) is 8.09. The topological polar surface area (TPSA) is 79.3 Å². The van der Waals surface area contributed by atoms with Gasteiger partial charge in [0.1, 0.15) is 29.3 Å². The molecule has 0 aromatic heterocycles. The highest BCUT2D eigenvalue weighted by Crippen LogP contribution is 2.39. The summed E-state index contributed by atoms with van der Waals surface area (Å²) in [7, 11) is 1.43. The van der Waals surface area contributed by atoms with Gasteiger partial charge in [-0.3, -0.25) is 4.79 Å². The van der Waals surface area contributed by atoms with E-state index in [1.807, 2.05) is 11.0 Å². The Bertz CT molecular complexity index is 1010. The molecule has 8 heteroatoms. The van der Waals surface area contributed by atoms with Crippen molar-refractivity contribution < 1.29 is 28.6 Å². The molecule has 164 valence electrons. The van der Waals surface area contributed by atoms with E-state index in [1.54, 1.807) is 36.1 Å². The normalized spacial score (nSPS) is 17.5. The van der Waals surface area contributed by atoms with E-state index in [9.17, 15) is 19.1 Å². The highest BCUT2D eigenvalue weighted by molar-refractivity contribution is 5.96. The summed E-state index contributed by atoms with van der Waals surface area (Å²) in [5.74, 6) is -0.341. The third-order valence-corrected chi connectivity index (χ3v) is 5.89. The second-order valence-corrected chi connectivity index (χ2v) is 8.08. The lowest BCUT2D eigenvalue weighted by atomic mass is 9.95. The lowest BCUT2D eigenvalue weighted by molar-refractivity contribution is 0.0503. The summed E-state index contributed by atoms with van der Waals surface area (Å²) in [6.07, 6.45) is 0.671. The fourth-order valence-electron chi connectivity index (χ4n) is 4.00. The van der Waals surface area contributed by atoms with Crippen LogP contribution in [0.2, 0.25) is 0 Å². The predicted molar refractivity (Wildman–Crippen MR) is 114 cm³/mol. The SMILES string of the molecule is COc1cc(N2CCOc3cc(C(=O)N4CCC(C)(F)CC4)ccc32)ccc1C(=O)O. The largest absolute Gasteiger partial charge is 0.496 e. The number of carboxylic acid groups (broad SMARTS) is 1. The predicted octanol–water partition coefficient (Wildman–Crippen LogP) is 3.89. The van der Waals surface area contributed by atoms with Crippen molar-refractivity contribution in [3.63, 3.8) is 0 Å². The summed E-state index contributed by atoms with van der Waals surface area (Å²) in [4.78, 5) is 27.9. The summed E-state index contributed by atoms with van der Waals surface area (Å²) in [5, 5.41) is 9.30. The summed E-state index contributed by atoms with van der Waals surface area (Å²) in [6, 6.07) is 10.2. The monoisotopic (exact) mass is 428 g/mol. The minimum atomic E-state index is -1.21. The lowest BCUT2D eigenvalue weighted by Crippen LogP contribution is -2.43. The number of hydrogen-bond donors (Lipinski definition) is 1. The Balaban J connectivity index is 1.59. The number of benzene rings is 2. The van der Waals surface area contributed by atoms with E-state index < -0.39 is 11.6 Å². The maximum absolute atomic E-state index is 14.1. The smallest absolute Gasteiger partial charge is 0.339 e. The molecular formula is C23H25FN2O5. The molecule has 1 fully saturated rings. The Morgan fingerprint density at radius 3 is 2.55 bits per heavy atom. The number of halogens is 1. The van der Waals surface area contributed by atoms with Crippen molar-refractivity contribution in [2.45, 2.75) is 25.4 Å². The van der Waals surface area contributed by atoms with Crippen LogP contribution < -0.4 is 14.4 Å². The molecule has 2 aromatic rings. The van der Waals surface area contributed by atoms with Gasteiger partial charge in [-0.15, -0.1) is 0 Å². The molecule has 2 aromatic carbocycles. The molecule has 0 aliphatic carbocycles. The van der Waals surface area contributed by atoms with Gasteiger partial charge in [-0.1, -0.05) is 0 Å². The van der Waals surface area contributed by atoms with Gasteiger partial charge in [0.05, 0.1) is 19.3 Å². The molecule has 2 aliphatic rings. The van der Waals surface area contributed by atoms with E-state index in [0.29, 0.717) is 50.4 Å². The number of likely N-dealkylation sites (tertiary alicyclic amines) is 1. The van der Waals surface area contributed by atoms with Gasteiger partial charge in [-0.2, -0.15) is 0 Å². The third-order valence-electron chi connectivity index (χ3n) is 5.89. The number of carbonyl (C=O) groups is 2. The molecular weight excluding hydrogens is 403 g/mol. The molecule has 1 saturated heterocycles. The van der Waals surface area contributed by atoms with Crippen LogP contribution in [0, 0.1) is 0 Å². The van der Waals surface area contributed by atoms with Crippen molar-refractivity contribution >= 4 is 23.3 Å². The van der Waals surface area contributed by atoms with Gasteiger partial charge in [0, 0.05) is 30.4 Å². The van der Waals surface area contributed by atoms with E-state index >= 15 is 0 Å². The fraction of sp³-hybridized carbons (Fsp3) is 0.391. The van der Waals surface area contributed by atoms with Crippen LogP contribution in [-0.4, -0.2) is 60.9 Å². The molecule has 0 saturated carbocycles. The molecule has 2 heterocycles. The lowest BCUT2D eigenvalue weighted by Gasteiger charge is -2.35. The first-order chi connectivity index (χ1) is 14.8. The number of hydrogen-bond acceptors (Lipinski definition) is 5. The Labute approximate surface area is 180 Å². The molecule has 0 unspecified atom stereocenters. The average Bonchev–Trinajstić information content (AvgIpc) is 2.77. The van der Waals surface area contributed by atoms with Crippen LogP contribution >= 0.6 is 0 Å². The number of aromatic carboxylic acids is 1. The number of fused-ring (bicyclic) bond motifs is 1. The maximum atomic E-state index is 14.1. The van der Waals surface area contributed by atoms with Gasteiger partial charge in [0.2, 0.25) is 0 Å². The van der Waals surface area contributed by atoms with E-state index in [1.165, 1.54) is 13.2 Å². The van der Waals surface area contributed by atoms with E-state index in [0.717, 1.165) is 11.4 Å². The zero-order valence-electron chi connectivity index (χ0n) is 17.6. The Morgan fingerprint density at radius 2 is 1.87 bits per heavy atom. The first-order valence-corrected chi connectivity index (χ1v) is 10.2. The number of nitrogens with zero attached hydrogens (tertiary/aromatic N) is 2. The third kappa shape index (κ3) is 4.15. The maximum Gasteiger partial charge on any atom is 0.339 e. The van der Waals surface area contributed by atoms with Gasteiger partial charge in [-0.25, -0.2) is 9.18 Å². The van der Waals surface area contributed by atoms with Crippen molar-refractivity contribution in [3.8, 4) is 11.5 Å². The van der Waals surface area contributed by atoms with Crippen molar-refractivity contribution in [3.05, 3.63) is 47.5 Å². The number of piperidine rings is 1. The summed E-state index contributed by atoms with van der Waals surface area (Å²) < 4.78 is 25.1. The number of ether oxygens (including phenoxy) is 2. The molecule has 7 nitrogen and oxygen atoms in total. The van der Waals surface area contributed by atoms with Crippen LogP contribution in [0.25, 0.3) is 0 Å².